The average molecular weight is 674 g/mol. The fourth-order valence-corrected chi connectivity index (χ4v) is 8.32. The van der Waals surface area contributed by atoms with Crippen molar-refractivity contribution in [1.82, 2.24) is 24.6 Å². The highest BCUT2D eigenvalue weighted by molar-refractivity contribution is 7.22. The molecular formula is C36H40ClN5O4S. The number of aliphatic carboxylic acids is 1. The molecule has 1 aliphatic heterocycles. The minimum absolute atomic E-state index is 0.143. The Hall–Kier alpha value is -3.41. The number of fused-ring (bicyclic) bond motifs is 2. The Morgan fingerprint density at radius 1 is 1.09 bits per heavy atom. The van der Waals surface area contributed by atoms with Gasteiger partial charge < -0.3 is 19.8 Å². The maximum absolute atomic E-state index is 12.7. The van der Waals surface area contributed by atoms with Crippen molar-refractivity contribution in [2.45, 2.75) is 83.1 Å². The summed E-state index contributed by atoms with van der Waals surface area (Å²) in [5.41, 5.74) is 6.80. The molecule has 3 aromatic heterocycles. The van der Waals surface area contributed by atoms with E-state index >= 15 is 0 Å². The molecule has 1 saturated carbocycles. The van der Waals surface area contributed by atoms with Crippen LogP contribution in [0.15, 0.2) is 42.5 Å². The molecule has 246 valence electrons. The standard InChI is InChI=1S/C36H40ClN5O4S/c1-19-16-26-33(29(20-6-8-22(37)9-7-20)28(19)32(35(44)45)46-36(2,3)4)47-34(39-26)25-10-11-27-31(38-25)30(40-41(27)5)21-12-14-42(15-13-21)23-17-24(43)18-23/h6-11,16,21,23-24,32,43H,12-15,17-18H2,1-5H3,(H,44,45)/t23-,24+,32-/m0/s1. The number of pyridine rings is 1. The van der Waals surface area contributed by atoms with Crippen LogP contribution in [-0.2, 0) is 16.6 Å². The minimum atomic E-state index is -1.18. The highest BCUT2D eigenvalue weighted by atomic mass is 35.5. The summed E-state index contributed by atoms with van der Waals surface area (Å²) in [7, 11) is 1.97. The summed E-state index contributed by atoms with van der Waals surface area (Å²) >= 11 is 7.78. The number of benzene rings is 2. The number of carboxylic acid groups (broad SMARTS) is 1. The summed E-state index contributed by atoms with van der Waals surface area (Å²) in [5, 5.41) is 26.5. The van der Waals surface area contributed by atoms with Crippen LogP contribution in [0.2, 0.25) is 5.02 Å². The van der Waals surface area contributed by atoms with Gasteiger partial charge in [-0.3, -0.25) is 4.68 Å². The molecule has 1 aliphatic carbocycles. The zero-order valence-corrected chi connectivity index (χ0v) is 28.9. The SMILES string of the molecule is Cc1cc2nc(-c3ccc4c(n3)c(C3CCN([C@H]5C[C@@H](O)C5)CC3)nn4C)sc2c(-c2ccc(Cl)cc2)c1[C@H](OC(C)(C)C)C(=O)O. The summed E-state index contributed by atoms with van der Waals surface area (Å²) in [5.74, 6) is -0.731. The maximum atomic E-state index is 12.7. The van der Waals surface area contributed by atoms with Crippen molar-refractivity contribution in [2.75, 3.05) is 13.1 Å². The van der Waals surface area contributed by atoms with Crippen LogP contribution >= 0.6 is 22.9 Å². The lowest BCUT2D eigenvalue weighted by Gasteiger charge is -2.43. The molecule has 7 rings (SSSR count). The van der Waals surface area contributed by atoms with Crippen molar-refractivity contribution in [3.8, 4) is 21.8 Å². The molecule has 2 aromatic carbocycles. The number of rotatable bonds is 7. The molecule has 9 nitrogen and oxygen atoms in total. The molecule has 0 spiro atoms. The van der Waals surface area contributed by atoms with Crippen molar-refractivity contribution in [3.05, 3.63) is 64.3 Å². The minimum Gasteiger partial charge on any atom is -0.479 e. The molecule has 11 heteroatoms. The Kier molecular flexibility index (Phi) is 8.37. The van der Waals surface area contributed by atoms with Crippen LogP contribution in [0.25, 0.3) is 43.1 Å². The average Bonchev–Trinajstić information content (AvgIpc) is 3.58. The second-order valence-electron chi connectivity index (χ2n) is 14.0. The van der Waals surface area contributed by atoms with Crippen molar-refractivity contribution in [3.63, 3.8) is 0 Å². The van der Waals surface area contributed by atoms with Gasteiger partial charge >= 0.3 is 5.97 Å². The quantitative estimate of drug-likeness (QED) is 0.182. The Labute approximate surface area is 283 Å². The number of aliphatic hydroxyl groups is 1. The second-order valence-corrected chi connectivity index (χ2v) is 15.4. The molecule has 0 amide bonds. The van der Waals surface area contributed by atoms with Gasteiger partial charge in [-0.15, -0.1) is 11.3 Å². The van der Waals surface area contributed by atoms with Crippen molar-refractivity contribution in [1.29, 1.82) is 0 Å². The van der Waals surface area contributed by atoms with E-state index in [1.165, 1.54) is 11.3 Å². The van der Waals surface area contributed by atoms with Crippen LogP contribution in [0.4, 0.5) is 0 Å². The van der Waals surface area contributed by atoms with E-state index in [4.69, 9.17) is 31.4 Å². The topological polar surface area (TPSA) is 114 Å². The van der Waals surface area contributed by atoms with Crippen molar-refractivity contribution >= 4 is 50.2 Å². The highest BCUT2D eigenvalue weighted by Crippen LogP contribution is 2.45. The first-order valence-electron chi connectivity index (χ1n) is 16.2. The van der Waals surface area contributed by atoms with E-state index in [0.29, 0.717) is 22.5 Å². The van der Waals surface area contributed by atoms with Gasteiger partial charge in [0, 0.05) is 35.2 Å². The number of thiazole rings is 1. The zero-order chi connectivity index (χ0) is 33.2. The van der Waals surface area contributed by atoms with Gasteiger partial charge in [-0.2, -0.15) is 5.10 Å². The number of halogens is 1. The molecule has 47 heavy (non-hydrogen) atoms. The summed E-state index contributed by atoms with van der Waals surface area (Å²) in [4.78, 5) is 25.5. The first-order chi connectivity index (χ1) is 22.4. The van der Waals surface area contributed by atoms with Crippen LogP contribution < -0.4 is 0 Å². The molecule has 2 fully saturated rings. The molecule has 2 N–H and O–H groups in total. The van der Waals surface area contributed by atoms with Crippen molar-refractivity contribution < 1.29 is 19.7 Å². The summed E-state index contributed by atoms with van der Waals surface area (Å²) in [6.45, 7) is 9.51. The van der Waals surface area contributed by atoms with Crippen molar-refractivity contribution in [2.24, 2.45) is 7.05 Å². The predicted molar refractivity (Wildman–Crippen MR) is 186 cm³/mol. The van der Waals surface area contributed by atoms with Crippen LogP contribution in [0.5, 0.6) is 0 Å². The number of likely N-dealkylation sites (tertiary alicyclic amines) is 1. The number of hydrogen-bond donors (Lipinski definition) is 2. The van der Waals surface area contributed by atoms with E-state index in [0.717, 1.165) is 93.1 Å². The van der Waals surface area contributed by atoms with Gasteiger partial charge in [-0.1, -0.05) is 23.7 Å². The van der Waals surface area contributed by atoms with E-state index in [9.17, 15) is 15.0 Å². The normalized spacial score (nSPS) is 20.1. The lowest BCUT2D eigenvalue weighted by atomic mass is 9.85. The smallest absolute Gasteiger partial charge is 0.337 e. The Morgan fingerprint density at radius 3 is 2.43 bits per heavy atom. The van der Waals surface area contributed by atoms with Crippen LogP contribution in [0.3, 0.4) is 0 Å². The second kappa shape index (κ2) is 12.2. The van der Waals surface area contributed by atoms with E-state index < -0.39 is 17.7 Å². The fourth-order valence-electron chi connectivity index (χ4n) is 7.10. The zero-order valence-electron chi connectivity index (χ0n) is 27.3. The third-order valence-corrected chi connectivity index (χ3v) is 10.8. The largest absolute Gasteiger partial charge is 0.479 e. The van der Waals surface area contributed by atoms with Crippen LogP contribution in [0.1, 0.15) is 75.3 Å². The van der Waals surface area contributed by atoms with Gasteiger partial charge in [0.15, 0.2) is 6.10 Å². The number of aromatic nitrogens is 4. The first-order valence-corrected chi connectivity index (χ1v) is 17.4. The van der Waals surface area contributed by atoms with Gasteiger partial charge in [-0.25, -0.2) is 14.8 Å². The number of carbonyl (C=O) groups is 1. The Morgan fingerprint density at radius 2 is 1.79 bits per heavy atom. The molecule has 1 atom stereocenters. The molecular weight excluding hydrogens is 634 g/mol. The van der Waals surface area contributed by atoms with E-state index in [1.54, 1.807) is 0 Å². The summed E-state index contributed by atoms with van der Waals surface area (Å²) in [6.07, 6.45) is 2.47. The first kappa shape index (κ1) is 32.2. The van der Waals surface area contributed by atoms with E-state index in [1.807, 2.05) is 75.8 Å². The number of carboxylic acids is 1. The lowest BCUT2D eigenvalue weighted by Crippen LogP contribution is -2.49. The molecule has 2 aliphatic rings. The van der Waals surface area contributed by atoms with E-state index in [2.05, 4.69) is 11.0 Å². The number of piperidine rings is 1. The number of hydrogen-bond acceptors (Lipinski definition) is 8. The van der Waals surface area contributed by atoms with Gasteiger partial charge in [0.1, 0.15) is 10.5 Å². The van der Waals surface area contributed by atoms with Gasteiger partial charge in [0.05, 0.1) is 38.8 Å². The van der Waals surface area contributed by atoms with Gasteiger partial charge in [0.25, 0.3) is 0 Å². The fraction of sp³-hybridized carbons (Fsp3) is 0.444. The summed E-state index contributed by atoms with van der Waals surface area (Å²) in [6, 6.07) is 14.0. The molecule has 0 radical (unpaired) electrons. The molecule has 0 unspecified atom stereocenters. The van der Waals surface area contributed by atoms with E-state index in [-0.39, 0.29) is 6.10 Å². The monoisotopic (exact) mass is 673 g/mol. The lowest BCUT2D eigenvalue weighted by molar-refractivity contribution is -0.160. The Balaban J connectivity index is 1.31. The molecule has 4 heterocycles. The number of nitrogens with zero attached hydrogens (tertiary/aromatic N) is 5. The number of aryl methyl sites for hydroxylation is 2. The summed E-state index contributed by atoms with van der Waals surface area (Å²) < 4.78 is 8.96. The highest BCUT2D eigenvalue weighted by Gasteiger charge is 2.36. The maximum Gasteiger partial charge on any atom is 0.337 e. The molecule has 1 saturated heterocycles. The predicted octanol–water partition coefficient (Wildman–Crippen LogP) is 7.52. The third-order valence-electron chi connectivity index (χ3n) is 9.48. The molecule has 0 bridgehead atoms. The number of aliphatic hydroxyl groups excluding tert-OH is 1. The van der Waals surface area contributed by atoms with Crippen LogP contribution in [0, 0.1) is 6.92 Å². The van der Waals surface area contributed by atoms with Crippen LogP contribution in [-0.4, -0.2) is 71.7 Å². The Bertz CT molecular complexity index is 1970. The molecule has 5 aromatic rings. The van der Waals surface area contributed by atoms with Gasteiger partial charge in [0.2, 0.25) is 0 Å². The van der Waals surface area contributed by atoms with Gasteiger partial charge in [-0.05, 0) is 108 Å². The number of ether oxygens (including phenoxy) is 1. The third kappa shape index (κ3) is 6.18.